The molecule has 0 atom stereocenters. The minimum Gasteiger partial charge on any atom is -0.478 e. The first-order valence-electron chi connectivity index (χ1n) is 6.89. The van der Waals surface area contributed by atoms with Crippen molar-refractivity contribution in [3.63, 3.8) is 0 Å². The van der Waals surface area contributed by atoms with Gasteiger partial charge in [0.25, 0.3) is 0 Å². The molecule has 0 aliphatic rings. The molecule has 1 aromatic carbocycles. The molecule has 0 heterocycles. The molecule has 0 spiro atoms. The van der Waals surface area contributed by atoms with Crippen LogP contribution in [0.3, 0.4) is 0 Å². The summed E-state index contributed by atoms with van der Waals surface area (Å²) < 4.78 is 25.4. The molecule has 0 bridgehead atoms. The Labute approximate surface area is 125 Å². The van der Waals surface area contributed by atoms with Crippen LogP contribution in [-0.4, -0.2) is 38.8 Å². The summed E-state index contributed by atoms with van der Waals surface area (Å²) in [5.41, 5.74) is 0.933. The number of hydrogen-bond donors (Lipinski definition) is 2. The van der Waals surface area contributed by atoms with Gasteiger partial charge in [0.15, 0.2) is 0 Å². The van der Waals surface area contributed by atoms with E-state index in [0.29, 0.717) is 5.69 Å². The number of sulfonamides is 1. The highest BCUT2D eigenvalue weighted by Crippen LogP contribution is 2.24. The molecular weight excluding hydrogens is 292 g/mol. The molecule has 7 heteroatoms. The zero-order valence-electron chi connectivity index (χ0n) is 12.6. The van der Waals surface area contributed by atoms with Gasteiger partial charge < -0.3 is 10.0 Å². The maximum absolute atomic E-state index is 11.5. The Morgan fingerprint density at radius 1 is 1.33 bits per heavy atom. The summed E-state index contributed by atoms with van der Waals surface area (Å²) >= 11 is 0. The van der Waals surface area contributed by atoms with Crippen LogP contribution in [0.5, 0.6) is 0 Å². The van der Waals surface area contributed by atoms with Crippen LogP contribution in [-0.2, 0) is 10.0 Å². The second-order valence-corrected chi connectivity index (χ2v) is 6.83. The quantitative estimate of drug-likeness (QED) is 0.769. The summed E-state index contributed by atoms with van der Waals surface area (Å²) in [5, 5.41) is 9.32. The van der Waals surface area contributed by atoms with Crippen LogP contribution >= 0.6 is 0 Å². The van der Waals surface area contributed by atoms with Crippen molar-refractivity contribution >= 4 is 27.4 Å². The van der Waals surface area contributed by atoms with Gasteiger partial charge in [-0.3, -0.25) is 4.72 Å². The molecule has 0 radical (unpaired) electrons. The number of benzene rings is 1. The molecule has 0 saturated heterocycles. The van der Waals surface area contributed by atoms with E-state index in [1.54, 1.807) is 12.1 Å². The minimum atomic E-state index is -3.42. The van der Waals surface area contributed by atoms with E-state index in [4.69, 9.17) is 0 Å². The monoisotopic (exact) mass is 314 g/mol. The first-order valence-corrected chi connectivity index (χ1v) is 8.55. The third-order valence-electron chi connectivity index (χ3n) is 3.14. The van der Waals surface area contributed by atoms with Gasteiger partial charge in [0.05, 0.1) is 17.0 Å². The Kier molecular flexibility index (Phi) is 6.02. The van der Waals surface area contributed by atoms with E-state index < -0.39 is 16.0 Å². The molecule has 1 rings (SSSR count). The molecule has 1 aromatic rings. The van der Waals surface area contributed by atoms with Crippen molar-refractivity contribution in [1.82, 2.24) is 0 Å². The molecular formula is C14H22N2O4S. The van der Waals surface area contributed by atoms with Gasteiger partial charge in [0, 0.05) is 19.3 Å². The zero-order chi connectivity index (χ0) is 16.0. The van der Waals surface area contributed by atoms with Crippen LogP contribution in [0.2, 0.25) is 0 Å². The SMILES string of the molecule is CCCCN(C)c1ccc(NS(=O)(=O)CC)cc1C(=O)O. The molecule has 0 aromatic heterocycles. The number of rotatable bonds is 8. The number of carboxylic acids is 1. The molecule has 0 aliphatic carbocycles. The summed E-state index contributed by atoms with van der Waals surface area (Å²) in [6, 6.07) is 4.57. The fourth-order valence-corrected chi connectivity index (χ4v) is 2.50. The van der Waals surface area contributed by atoms with E-state index in [1.807, 2.05) is 11.9 Å². The van der Waals surface area contributed by atoms with Crippen LogP contribution in [0.25, 0.3) is 0 Å². The van der Waals surface area contributed by atoms with Crippen LogP contribution in [0.4, 0.5) is 11.4 Å². The van der Waals surface area contributed by atoms with Crippen molar-refractivity contribution in [2.24, 2.45) is 0 Å². The highest BCUT2D eigenvalue weighted by molar-refractivity contribution is 7.92. The maximum Gasteiger partial charge on any atom is 0.337 e. The smallest absolute Gasteiger partial charge is 0.337 e. The number of nitrogens with zero attached hydrogens (tertiary/aromatic N) is 1. The van der Waals surface area contributed by atoms with Crippen LogP contribution < -0.4 is 9.62 Å². The number of nitrogens with one attached hydrogen (secondary N) is 1. The van der Waals surface area contributed by atoms with E-state index in [-0.39, 0.29) is 17.0 Å². The summed E-state index contributed by atoms with van der Waals surface area (Å²) in [7, 11) is -1.59. The lowest BCUT2D eigenvalue weighted by Crippen LogP contribution is -2.21. The Balaban J connectivity index is 3.10. The topological polar surface area (TPSA) is 86.7 Å². The Morgan fingerprint density at radius 2 is 2.00 bits per heavy atom. The Hall–Kier alpha value is -1.76. The van der Waals surface area contributed by atoms with Gasteiger partial charge in [-0.05, 0) is 31.5 Å². The van der Waals surface area contributed by atoms with E-state index >= 15 is 0 Å². The Bertz CT molecular complexity index is 599. The van der Waals surface area contributed by atoms with Crippen molar-refractivity contribution in [1.29, 1.82) is 0 Å². The van der Waals surface area contributed by atoms with Gasteiger partial charge in [-0.2, -0.15) is 0 Å². The summed E-state index contributed by atoms with van der Waals surface area (Å²) in [6.07, 6.45) is 1.97. The molecule has 6 nitrogen and oxygen atoms in total. The van der Waals surface area contributed by atoms with Gasteiger partial charge in [-0.15, -0.1) is 0 Å². The largest absolute Gasteiger partial charge is 0.478 e. The van der Waals surface area contributed by atoms with Gasteiger partial charge in [-0.25, -0.2) is 13.2 Å². The fourth-order valence-electron chi connectivity index (χ4n) is 1.87. The average molecular weight is 314 g/mol. The predicted molar refractivity (Wildman–Crippen MR) is 84.7 cm³/mol. The molecule has 118 valence electrons. The number of unbranched alkanes of at least 4 members (excludes halogenated alkanes) is 1. The summed E-state index contributed by atoms with van der Waals surface area (Å²) in [6.45, 7) is 4.33. The van der Waals surface area contributed by atoms with Crippen LogP contribution in [0.1, 0.15) is 37.0 Å². The normalized spacial score (nSPS) is 11.2. The van der Waals surface area contributed by atoms with Gasteiger partial charge in [0.1, 0.15) is 0 Å². The standard InChI is InChI=1S/C14H22N2O4S/c1-4-6-9-16(3)13-8-7-11(10-12(13)14(17)18)15-21(19,20)5-2/h7-8,10,15H,4-6,9H2,1-3H3,(H,17,18). The average Bonchev–Trinajstić information content (AvgIpc) is 2.44. The molecule has 0 fully saturated rings. The van der Waals surface area contributed by atoms with Crippen molar-refractivity contribution in [3.05, 3.63) is 23.8 Å². The second-order valence-electron chi connectivity index (χ2n) is 4.82. The zero-order valence-corrected chi connectivity index (χ0v) is 13.4. The van der Waals surface area contributed by atoms with Crippen molar-refractivity contribution < 1.29 is 18.3 Å². The predicted octanol–water partition coefficient (Wildman–Crippen LogP) is 2.38. The molecule has 21 heavy (non-hydrogen) atoms. The maximum atomic E-state index is 11.5. The Morgan fingerprint density at radius 3 is 2.52 bits per heavy atom. The van der Waals surface area contributed by atoms with Gasteiger partial charge in [-0.1, -0.05) is 13.3 Å². The first-order chi connectivity index (χ1) is 9.80. The molecule has 2 N–H and O–H groups in total. The van der Waals surface area contributed by atoms with Crippen LogP contribution in [0, 0.1) is 0 Å². The van der Waals surface area contributed by atoms with Gasteiger partial charge >= 0.3 is 5.97 Å². The highest BCUT2D eigenvalue weighted by atomic mass is 32.2. The lowest BCUT2D eigenvalue weighted by atomic mass is 10.1. The first kappa shape index (κ1) is 17.3. The lowest BCUT2D eigenvalue weighted by Gasteiger charge is -2.21. The summed E-state index contributed by atoms with van der Waals surface area (Å²) in [4.78, 5) is 13.2. The lowest BCUT2D eigenvalue weighted by molar-refractivity contribution is 0.0697. The number of carbonyl (C=O) groups is 1. The van der Waals surface area contributed by atoms with Crippen molar-refractivity contribution in [2.45, 2.75) is 26.7 Å². The van der Waals surface area contributed by atoms with Crippen LogP contribution in [0.15, 0.2) is 18.2 Å². The minimum absolute atomic E-state index is 0.0619. The molecule has 0 unspecified atom stereocenters. The third kappa shape index (κ3) is 4.93. The van der Waals surface area contributed by atoms with Gasteiger partial charge in [0.2, 0.25) is 10.0 Å². The summed E-state index contributed by atoms with van der Waals surface area (Å²) in [5.74, 6) is -1.14. The molecule has 0 saturated carbocycles. The third-order valence-corrected chi connectivity index (χ3v) is 4.45. The van der Waals surface area contributed by atoms with E-state index in [9.17, 15) is 18.3 Å². The van der Waals surface area contributed by atoms with E-state index in [0.717, 1.165) is 19.4 Å². The fraction of sp³-hybridized carbons (Fsp3) is 0.500. The molecule has 0 amide bonds. The number of carboxylic acid groups (broad SMARTS) is 1. The van der Waals surface area contributed by atoms with Crippen molar-refractivity contribution in [3.8, 4) is 0 Å². The highest BCUT2D eigenvalue weighted by Gasteiger charge is 2.16. The number of aromatic carboxylic acids is 1. The van der Waals surface area contributed by atoms with E-state index in [1.165, 1.54) is 13.0 Å². The van der Waals surface area contributed by atoms with Crippen molar-refractivity contribution in [2.75, 3.05) is 29.0 Å². The number of anilines is 2. The molecule has 0 aliphatic heterocycles. The second kappa shape index (κ2) is 7.31. The number of hydrogen-bond acceptors (Lipinski definition) is 4. The van der Waals surface area contributed by atoms with E-state index in [2.05, 4.69) is 11.6 Å².